The van der Waals surface area contributed by atoms with E-state index < -0.39 is 69.5 Å². The average molecular weight is 606 g/mol. The van der Waals surface area contributed by atoms with E-state index in [2.05, 4.69) is 10.6 Å². The fourth-order valence-corrected chi connectivity index (χ4v) is 6.39. The van der Waals surface area contributed by atoms with Crippen LogP contribution >= 0.6 is 0 Å². The second-order valence-corrected chi connectivity index (χ2v) is 11.5. The van der Waals surface area contributed by atoms with Gasteiger partial charge in [0.05, 0.1) is 13.2 Å². The van der Waals surface area contributed by atoms with E-state index >= 15 is 0 Å². The van der Waals surface area contributed by atoms with Crippen LogP contribution < -0.4 is 24.8 Å². The van der Waals surface area contributed by atoms with E-state index in [0.717, 1.165) is 28.6 Å². The Morgan fingerprint density at radius 2 is 1.79 bits per heavy atom. The molecular formula is C28H26F3N3O7S. The van der Waals surface area contributed by atoms with E-state index in [1.807, 2.05) is 0 Å². The summed E-state index contributed by atoms with van der Waals surface area (Å²) in [6, 6.07) is 9.78. The van der Waals surface area contributed by atoms with Crippen molar-refractivity contribution in [2.24, 2.45) is 0 Å². The number of benzene rings is 3. The highest BCUT2D eigenvalue weighted by atomic mass is 32.2. The van der Waals surface area contributed by atoms with Gasteiger partial charge >= 0.3 is 0 Å². The van der Waals surface area contributed by atoms with Crippen molar-refractivity contribution in [3.63, 3.8) is 0 Å². The van der Waals surface area contributed by atoms with Crippen molar-refractivity contribution < 1.29 is 45.4 Å². The Labute approximate surface area is 239 Å². The Kier molecular flexibility index (Phi) is 8.27. The number of halogens is 3. The highest BCUT2D eigenvalue weighted by molar-refractivity contribution is 7.89. The maximum absolute atomic E-state index is 14.5. The molecule has 0 spiro atoms. The number of piperidine rings is 1. The molecule has 5 rings (SSSR count). The van der Waals surface area contributed by atoms with Crippen molar-refractivity contribution in [3.8, 4) is 17.2 Å². The Balaban J connectivity index is 1.51. The van der Waals surface area contributed by atoms with Crippen LogP contribution in [0.4, 0.5) is 13.2 Å². The van der Waals surface area contributed by atoms with E-state index in [9.17, 15) is 31.2 Å². The highest BCUT2D eigenvalue weighted by Gasteiger charge is 2.40. The molecule has 2 atom stereocenters. The second-order valence-electron chi connectivity index (χ2n) is 9.66. The van der Waals surface area contributed by atoms with Gasteiger partial charge in [-0.3, -0.25) is 9.59 Å². The van der Waals surface area contributed by atoms with Gasteiger partial charge in [-0.15, -0.1) is 0 Å². The lowest BCUT2D eigenvalue weighted by Gasteiger charge is -2.38. The van der Waals surface area contributed by atoms with E-state index in [0.29, 0.717) is 5.56 Å². The maximum atomic E-state index is 14.5. The predicted molar refractivity (Wildman–Crippen MR) is 142 cm³/mol. The first kappa shape index (κ1) is 29.2. The summed E-state index contributed by atoms with van der Waals surface area (Å²) in [6.07, 6.45) is -0.878. The molecular weight excluding hydrogens is 579 g/mol. The van der Waals surface area contributed by atoms with Gasteiger partial charge in [-0.2, -0.15) is 4.31 Å². The van der Waals surface area contributed by atoms with Gasteiger partial charge in [0.1, 0.15) is 29.3 Å². The first-order valence-electron chi connectivity index (χ1n) is 12.8. The van der Waals surface area contributed by atoms with Crippen molar-refractivity contribution in [1.82, 2.24) is 14.9 Å². The van der Waals surface area contributed by atoms with Crippen molar-refractivity contribution in [3.05, 3.63) is 83.2 Å². The minimum absolute atomic E-state index is 0.0141. The summed E-state index contributed by atoms with van der Waals surface area (Å²) in [5.41, 5.74) is 0.464. The second kappa shape index (κ2) is 11.9. The molecule has 0 saturated carbocycles. The molecule has 0 aromatic heterocycles. The third kappa shape index (κ3) is 6.14. The summed E-state index contributed by atoms with van der Waals surface area (Å²) in [6.45, 7) is -1.07. The summed E-state index contributed by atoms with van der Waals surface area (Å²) in [5.74, 6) is -3.89. The van der Waals surface area contributed by atoms with Gasteiger partial charge < -0.3 is 24.8 Å². The molecule has 0 radical (unpaired) electrons. The molecule has 2 amide bonds. The number of nitrogens with zero attached hydrogens (tertiary/aromatic N) is 1. The number of fused-ring (bicyclic) bond motifs is 5. The lowest BCUT2D eigenvalue weighted by Crippen LogP contribution is -2.58. The van der Waals surface area contributed by atoms with E-state index in [4.69, 9.17) is 14.2 Å². The Hall–Kier alpha value is -4.30. The molecule has 2 aliphatic rings. The molecule has 14 heteroatoms. The molecule has 1 saturated heterocycles. The summed E-state index contributed by atoms with van der Waals surface area (Å²) < 4.78 is 87.8. The number of hydrogen-bond donors (Lipinski definition) is 2. The minimum Gasteiger partial charge on any atom is -0.493 e. The molecule has 0 unspecified atom stereocenters. The largest absolute Gasteiger partial charge is 0.493 e. The van der Waals surface area contributed by atoms with Crippen molar-refractivity contribution in [2.75, 3.05) is 26.8 Å². The average Bonchev–Trinajstić information content (AvgIpc) is 2.94. The first-order valence-corrected chi connectivity index (χ1v) is 14.3. The number of nitrogens with one attached hydrogen (secondary N) is 2. The summed E-state index contributed by atoms with van der Waals surface area (Å²) in [4.78, 5) is 24.6. The van der Waals surface area contributed by atoms with Crippen LogP contribution in [0.3, 0.4) is 0 Å². The molecule has 0 aliphatic carbocycles. The van der Waals surface area contributed by atoms with Crippen LogP contribution in [0.1, 0.15) is 22.3 Å². The maximum Gasteiger partial charge on any atom is 0.258 e. The number of sulfonamides is 1. The van der Waals surface area contributed by atoms with Crippen LogP contribution in [0.25, 0.3) is 0 Å². The first-order chi connectivity index (χ1) is 20.0. The van der Waals surface area contributed by atoms with Gasteiger partial charge in [0.15, 0.2) is 23.0 Å². The number of rotatable bonds is 3. The number of hydrogen-bond acceptors (Lipinski definition) is 7. The summed E-state index contributed by atoms with van der Waals surface area (Å²) >= 11 is 0. The molecule has 2 N–H and O–H groups in total. The lowest BCUT2D eigenvalue weighted by molar-refractivity contribution is -0.123. The summed E-state index contributed by atoms with van der Waals surface area (Å²) in [5, 5.41) is 5.35. The third-order valence-electron chi connectivity index (χ3n) is 6.84. The van der Waals surface area contributed by atoms with Crippen LogP contribution in [0.5, 0.6) is 17.2 Å². The van der Waals surface area contributed by atoms with Gasteiger partial charge in [-0.25, -0.2) is 21.6 Å². The minimum atomic E-state index is -4.65. The fraction of sp³-hybridized carbons (Fsp3) is 0.286. The quantitative estimate of drug-likeness (QED) is 0.471. The number of ether oxygens (including phenoxy) is 3. The number of carbonyl (C=O) groups is 2. The molecule has 222 valence electrons. The molecule has 3 aromatic rings. The zero-order chi connectivity index (χ0) is 30.0. The van der Waals surface area contributed by atoms with Gasteiger partial charge in [-0.1, -0.05) is 6.07 Å². The zero-order valence-corrected chi connectivity index (χ0v) is 23.0. The number of carbonyl (C=O) groups excluding carboxylic acids is 2. The molecule has 4 bridgehead atoms. The van der Waals surface area contributed by atoms with Gasteiger partial charge in [-0.05, 0) is 48.0 Å². The van der Waals surface area contributed by atoms with Crippen LogP contribution in [0, 0.1) is 17.5 Å². The van der Waals surface area contributed by atoms with Gasteiger partial charge in [0.2, 0.25) is 10.0 Å². The Morgan fingerprint density at radius 3 is 2.52 bits per heavy atom. The lowest BCUT2D eigenvalue weighted by atomic mass is 10.0. The van der Waals surface area contributed by atoms with E-state index in [1.165, 1.54) is 37.4 Å². The van der Waals surface area contributed by atoms with E-state index in [1.54, 1.807) is 0 Å². The van der Waals surface area contributed by atoms with Crippen LogP contribution in [-0.2, 0) is 21.4 Å². The topological polar surface area (TPSA) is 123 Å². The predicted octanol–water partition coefficient (Wildman–Crippen LogP) is 2.76. The zero-order valence-electron chi connectivity index (χ0n) is 22.2. The Bertz CT molecular complexity index is 1620. The molecule has 2 aliphatic heterocycles. The monoisotopic (exact) mass is 605 g/mol. The SMILES string of the molecule is COc1ccc2cc1OCC(=O)NCc1cc(F)cc(c1)O[C@@H]1CCN(S(=O)(=O)c3c(F)cccc3F)C[C@@H]1NC2=O. The van der Waals surface area contributed by atoms with Crippen LogP contribution in [-0.4, -0.2) is 63.5 Å². The molecule has 10 nitrogen and oxygen atoms in total. The number of methoxy groups -OCH3 is 1. The smallest absolute Gasteiger partial charge is 0.258 e. The molecule has 2 heterocycles. The van der Waals surface area contributed by atoms with Crippen molar-refractivity contribution in [2.45, 2.75) is 30.0 Å². The van der Waals surface area contributed by atoms with Crippen molar-refractivity contribution >= 4 is 21.8 Å². The number of amides is 2. The fourth-order valence-electron chi connectivity index (χ4n) is 4.80. The normalized spacial score (nSPS) is 19.9. The molecule has 3 aromatic carbocycles. The van der Waals surface area contributed by atoms with Crippen molar-refractivity contribution in [1.29, 1.82) is 0 Å². The summed E-state index contributed by atoms with van der Waals surface area (Å²) in [7, 11) is -3.27. The highest BCUT2D eigenvalue weighted by Crippen LogP contribution is 2.30. The standard InChI is InChI=1S/C28H26F3N3O7S/c1-39-24-6-5-17-11-25(24)40-15-26(35)32-13-16-9-18(29)12-19(10-16)41-23-7-8-34(14-22(23)33-28(17)36)42(37,38)27-20(30)3-2-4-21(27)31/h2-6,9-12,22-23H,7-8,13-15H2,1H3,(H,32,35)(H,33,36)/t22-,23+/m0/s1. The van der Waals surface area contributed by atoms with Gasteiger partial charge in [0.25, 0.3) is 11.8 Å². The van der Waals surface area contributed by atoms with Crippen LogP contribution in [0.2, 0.25) is 0 Å². The van der Waals surface area contributed by atoms with E-state index in [-0.39, 0.29) is 42.3 Å². The van der Waals surface area contributed by atoms with Crippen LogP contribution in [0.15, 0.2) is 59.5 Å². The third-order valence-corrected chi connectivity index (χ3v) is 8.76. The molecule has 42 heavy (non-hydrogen) atoms. The molecule has 1 fully saturated rings. The Morgan fingerprint density at radius 1 is 1.02 bits per heavy atom. The van der Waals surface area contributed by atoms with Gasteiger partial charge in [0, 0.05) is 37.7 Å².